The quantitative estimate of drug-likeness (QED) is 0.560. The van der Waals surface area contributed by atoms with Crippen LogP contribution in [0.1, 0.15) is 5.69 Å². The van der Waals surface area contributed by atoms with Gasteiger partial charge in [0.25, 0.3) is 0 Å². The van der Waals surface area contributed by atoms with Gasteiger partial charge in [0.15, 0.2) is 0 Å². The first kappa shape index (κ1) is 7.02. The largest absolute Gasteiger partial charge is 0.321 e. The molecule has 3 heteroatoms. The molecular weight excluding hydrogens is 128 g/mol. The third-order valence-corrected chi connectivity index (χ3v) is 1.31. The van der Waals surface area contributed by atoms with E-state index in [1.54, 1.807) is 11.8 Å². The second kappa shape index (κ2) is 3.17. The molecule has 3 nitrogen and oxygen atoms in total. The molecule has 1 aromatic heterocycles. The van der Waals surface area contributed by atoms with Gasteiger partial charge in [0.2, 0.25) is 11.9 Å². The fourth-order valence-electron chi connectivity index (χ4n) is 0.800. The molecule has 1 aromatic rings. The van der Waals surface area contributed by atoms with E-state index in [1.165, 1.54) is 0 Å². The van der Waals surface area contributed by atoms with Gasteiger partial charge in [-0.05, 0) is 6.07 Å². The Morgan fingerprint density at radius 3 is 2.90 bits per heavy atom. The summed E-state index contributed by atoms with van der Waals surface area (Å²) < 4.78 is 1.64. The maximum absolute atomic E-state index is 5.43. The van der Waals surface area contributed by atoms with Crippen LogP contribution in [0.5, 0.6) is 0 Å². The lowest BCUT2D eigenvalue weighted by Crippen LogP contribution is -2.44. The van der Waals surface area contributed by atoms with Crippen molar-refractivity contribution in [2.75, 3.05) is 7.11 Å². The molecule has 0 spiro atoms. The van der Waals surface area contributed by atoms with E-state index in [1.807, 2.05) is 24.4 Å². The van der Waals surface area contributed by atoms with Gasteiger partial charge in [0, 0.05) is 16.9 Å². The summed E-state index contributed by atoms with van der Waals surface area (Å²) in [5, 5.41) is 0. The number of pyridine rings is 1. The molecule has 0 aliphatic heterocycles. The lowest BCUT2D eigenvalue weighted by molar-refractivity contribution is -0.890. The molecule has 0 bridgehead atoms. The van der Waals surface area contributed by atoms with E-state index in [-0.39, 0.29) is 0 Å². The van der Waals surface area contributed by atoms with Crippen molar-refractivity contribution >= 4 is 0 Å². The monoisotopic (exact) mass is 139 g/mol. The lowest BCUT2D eigenvalue weighted by Gasteiger charge is -1.94. The Balaban J connectivity index is 2.96. The van der Waals surface area contributed by atoms with Crippen molar-refractivity contribution in [1.82, 2.24) is 0 Å². The minimum atomic E-state index is 0.495. The van der Waals surface area contributed by atoms with Crippen LogP contribution in [0.25, 0.3) is 0 Å². The summed E-state index contributed by atoms with van der Waals surface area (Å²) in [6, 6.07) is 5.74. The van der Waals surface area contributed by atoms with Gasteiger partial charge in [0.05, 0.1) is 6.54 Å². The minimum Gasteiger partial charge on any atom is -0.321 e. The summed E-state index contributed by atoms with van der Waals surface area (Å²) in [7, 11) is 1.61. The highest BCUT2D eigenvalue weighted by Gasteiger charge is 2.05. The molecule has 0 atom stereocenters. The van der Waals surface area contributed by atoms with Gasteiger partial charge in [-0.15, -0.1) is 0 Å². The first-order valence-corrected chi connectivity index (χ1v) is 3.12. The molecule has 54 valence electrons. The Morgan fingerprint density at radius 1 is 1.60 bits per heavy atom. The number of hydrogen-bond acceptors (Lipinski definition) is 2. The van der Waals surface area contributed by atoms with E-state index >= 15 is 0 Å². The molecule has 0 aromatic carbocycles. The SMILES string of the molecule is CO[n+]1ccccc1CN. The number of nitrogens with zero attached hydrogens (tertiary/aromatic N) is 1. The lowest BCUT2D eigenvalue weighted by atomic mass is 10.3. The van der Waals surface area contributed by atoms with Crippen LogP contribution in [0.15, 0.2) is 24.4 Å². The minimum absolute atomic E-state index is 0.495. The maximum Gasteiger partial charge on any atom is 0.247 e. The predicted molar refractivity (Wildman–Crippen MR) is 37.0 cm³/mol. The van der Waals surface area contributed by atoms with Gasteiger partial charge in [-0.3, -0.25) is 4.84 Å². The molecule has 0 saturated heterocycles. The summed E-state index contributed by atoms with van der Waals surface area (Å²) in [4.78, 5) is 4.97. The van der Waals surface area contributed by atoms with E-state index in [0.717, 1.165) is 5.69 Å². The first-order chi connectivity index (χ1) is 4.88. The van der Waals surface area contributed by atoms with Crippen molar-refractivity contribution < 1.29 is 9.57 Å². The van der Waals surface area contributed by atoms with Crippen LogP contribution in [0.3, 0.4) is 0 Å². The van der Waals surface area contributed by atoms with Gasteiger partial charge in [-0.1, -0.05) is 0 Å². The average molecular weight is 139 g/mol. The molecular formula is C7H11N2O+. The van der Waals surface area contributed by atoms with Crippen molar-refractivity contribution in [3.05, 3.63) is 30.1 Å². The van der Waals surface area contributed by atoms with Crippen LogP contribution in [-0.2, 0) is 6.54 Å². The van der Waals surface area contributed by atoms with Gasteiger partial charge in [-0.25, -0.2) is 0 Å². The molecule has 0 fully saturated rings. The molecule has 1 heterocycles. The van der Waals surface area contributed by atoms with Crippen LogP contribution in [0.4, 0.5) is 0 Å². The van der Waals surface area contributed by atoms with Crippen molar-refractivity contribution in [3.63, 3.8) is 0 Å². The standard InChI is InChI=1S/C7H11N2O/c1-10-9-5-3-2-4-7(9)6-8/h2-5H,6,8H2,1H3/q+1. The molecule has 10 heavy (non-hydrogen) atoms. The molecule has 0 unspecified atom stereocenters. The van der Waals surface area contributed by atoms with Gasteiger partial charge < -0.3 is 5.73 Å². The zero-order valence-corrected chi connectivity index (χ0v) is 5.95. The molecule has 2 N–H and O–H groups in total. The van der Waals surface area contributed by atoms with Gasteiger partial charge in [0.1, 0.15) is 7.11 Å². The normalized spacial score (nSPS) is 9.40. The summed E-state index contributed by atoms with van der Waals surface area (Å²) in [5.41, 5.74) is 6.39. The Morgan fingerprint density at radius 2 is 2.40 bits per heavy atom. The fourth-order valence-corrected chi connectivity index (χ4v) is 0.800. The third kappa shape index (κ3) is 1.25. The Bertz CT molecular complexity index is 190. The van der Waals surface area contributed by atoms with Crippen LogP contribution in [0.2, 0.25) is 0 Å². The smallest absolute Gasteiger partial charge is 0.247 e. The predicted octanol–water partition coefficient (Wildman–Crippen LogP) is -0.509. The maximum atomic E-state index is 5.43. The first-order valence-electron chi connectivity index (χ1n) is 3.12. The van der Waals surface area contributed by atoms with E-state index in [9.17, 15) is 0 Å². The highest BCUT2D eigenvalue weighted by molar-refractivity contribution is 4.95. The van der Waals surface area contributed by atoms with E-state index in [0.29, 0.717) is 6.54 Å². The topological polar surface area (TPSA) is 39.1 Å². The Labute approximate surface area is 60.0 Å². The fraction of sp³-hybridized carbons (Fsp3) is 0.286. The Kier molecular flexibility index (Phi) is 2.23. The Hall–Kier alpha value is -1.09. The number of nitrogens with two attached hydrogens (primary N) is 1. The molecule has 0 aliphatic carbocycles. The highest BCUT2D eigenvalue weighted by Crippen LogP contribution is 1.86. The molecule has 1 rings (SSSR count). The van der Waals surface area contributed by atoms with Crippen molar-refractivity contribution in [2.45, 2.75) is 6.54 Å². The highest BCUT2D eigenvalue weighted by atomic mass is 16.6. The third-order valence-electron chi connectivity index (χ3n) is 1.31. The van der Waals surface area contributed by atoms with E-state index < -0.39 is 0 Å². The van der Waals surface area contributed by atoms with Crippen LogP contribution in [-0.4, -0.2) is 7.11 Å². The second-order valence-corrected chi connectivity index (χ2v) is 1.90. The summed E-state index contributed by atoms with van der Waals surface area (Å²) in [5.74, 6) is 0. The van der Waals surface area contributed by atoms with Crippen molar-refractivity contribution in [3.8, 4) is 0 Å². The average Bonchev–Trinajstić information content (AvgIpc) is 2.04. The summed E-state index contributed by atoms with van der Waals surface area (Å²) >= 11 is 0. The summed E-state index contributed by atoms with van der Waals surface area (Å²) in [6.45, 7) is 0.495. The van der Waals surface area contributed by atoms with Gasteiger partial charge >= 0.3 is 0 Å². The van der Waals surface area contributed by atoms with E-state index in [2.05, 4.69) is 0 Å². The van der Waals surface area contributed by atoms with Crippen LogP contribution >= 0.6 is 0 Å². The molecule has 0 amide bonds. The van der Waals surface area contributed by atoms with Crippen LogP contribution < -0.4 is 15.3 Å². The van der Waals surface area contributed by atoms with E-state index in [4.69, 9.17) is 10.6 Å². The number of rotatable bonds is 2. The molecule has 0 radical (unpaired) electrons. The van der Waals surface area contributed by atoms with Crippen molar-refractivity contribution in [2.24, 2.45) is 5.73 Å². The summed E-state index contributed by atoms with van der Waals surface area (Å²) in [6.07, 6.45) is 1.82. The number of hydrogen-bond donors (Lipinski definition) is 1. The van der Waals surface area contributed by atoms with Crippen molar-refractivity contribution in [1.29, 1.82) is 0 Å². The zero-order valence-electron chi connectivity index (χ0n) is 5.95. The molecule has 0 saturated carbocycles. The van der Waals surface area contributed by atoms with Crippen LogP contribution in [0, 0.1) is 0 Å². The molecule has 0 aliphatic rings. The zero-order chi connectivity index (χ0) is 7.40. The number of aromatic nitrogens is 1. The second-order valence-electron chi connectivity index (χ2n) is 1.90. The van der Waals surface area contributed by atoms with Gasteiger partial charge in [-0.2, -0.15) is 0 Å².